The van der Waals surface area contributed by atoms with E-state index in [9.17, 15) is 0 Å². The molecule has 0 radical (unpaired) electrons. The zero-order valence-electron chi connectivity index (χ0n) is 55.0. The SMILES string of the molecule is CC(C)C1CCCC1.CC(C)CC(C)(C)C.CC(C)CC(C)C.CC(C)CCc1ccccc1.CC(C)[C@@H]1C[C@H]2CC[C@@H]1C2.CC(C)c1ccccc1.Cc1cccc(CC(C)C)c1.Cc1cccc(CCC(C)C)c1. The van der Waals surface area contributed by atoms with E-state index >= 15 is 0 Å². The second kappa shape index (κ2) is 41.9. The van der Waals surface area contributed by atoms with Crippen LogP contribution in [0.15, 0.2) is 109 Å². The van der Waals surface area contributed by atoms with Crippen LogP contribution in [-0.2, 0) is 19.3 Å². The van der Waals surface area contributed by atoms with Crippen LogP contribution in [0, 0.1) is 90.3 Å². The van der Waals surface area contributed by atoms with Crippen molar-refractivity contribution in [3.63, 3.8) is 0 Å². The average molecular weight is 1040 g/mol. The quantitative estimate of drug-likeness (QED) is 0.118. The van der Waals surface area contributed by atoms with Gasteiger partial charge in [-0.05, 0) is 183 Å². The first kappa shape index (κ1) is 72.9. The minimum atomic E-state index is 0.522. The molecule has 0 unspecified atom stereocenters. The lowest BCUT2D eigenvalue weighted by molar-refractivity contribution is 0.256. The first-order chi connectivity index (χ1) is 35.6. The van der Waals surface area contributed by atoms with Crippen molar-refractivity contribution < 1.29 is 0 Å². The Morgan fingerprint density at radius 2 is 0.895 bits per heavy atom. The fourth-order valence-electron chi connectivity index (χ4n) is 11.5. The number of benzene rings is 4. The van der Waals surface area contributed by atoms with E-state index in [1.165, 1.54) is 104 Å². The Morgan fingerprint density at radius 1 is 0.434 bits per heavy atom. The molecule has 0 heterocycles. The summed E-state index contributed by atoms with van der Waals surface area (Å²) in [5, 5.41) is 0. The van der Waals surface area contributed by atoms with Crippen LogP contribution < -0.4 is 0 Å². The zero-order valence-corrected chi connectivity index (χ0v) is 55.0. The van der Waals surface area contributed by atoms with Crippen molar-refractivity contribution in [3.8, 4) is 0 Å². The smallest absolute Gasteiger partial charge is 0.0219 e. The Hall–Kier alpha value is -3.12. The van der Waals surface area contributed by atoms with E-state index in [0.29, 0.717) is 11.3 Å². The minimum Gasteiger partial charge on any atom is -0.0628 e. The summed E-state index contributed by atoms with van der Waals surface area (Å²) >= 11 is 0. The molecule has 0 spiro atoms. The highest BCUT2D eigenvalue weighted by Crippen LogP contribution is 2.50. The molecular formula is C76H130. The van der Waals surface area contributed by atoms with E-state index in [1.807, 2.05) is 6.07 Å². The maximum absolute atomic E-state index is 2.39. The van der Waals surface area contributed by atoms with Gasteiger partial charge in [-0.15, -0.1) is 0 Å². The van der Waals surface area contributed by atoms with Crippen LogP contribution >= 0.6 is 0 Å². The third-order valence-corrected chi connectivity index (χ3v) is 15.1. The van der Waals surface area contributed by atoms with Gasteiger partial charge in [-0.2, -0.15) is 0 Å². The summed E-state index contributed by atoms with van der Waals surface area (Å²) in [7, 11) is 0. The molecule has 2 bridgehead atoms. The maximum Gasteiger partial charge on any atom is -0.0219 e. The van der Waals surface area contributed by atoms with Crippen molar-refractivity contribution in [3.05, 3.63) is 143 Å². The molecule has 4 aromatic rings. The van der Waals surface area contributed by atoms with E-state index in [4.69, 9.17) is 0 Å². The summed E-state index contributed by atoms with van der Waals surface area (Å²) in [4.78, 5) is 0. The molecule has 0 amide bonds. The first-order valence-electron chi connectivity index (χ1n) is 31.8. The number of hydrogen-bond donors (Lipinski definition) is 0. The molecule has 3 fully saturated rings. The molecule has 3 aliphatic rings. The Labute approximate surface area is 478 Å². The fraction of sp³-hybridized carbons (Fsp3) is 0.684. The zero-order chi connectivity index (χ0) is 57.8. The summed E-state index contributed by atoms with van der Waals surface area (Å²) < 4.78 is 0. The van der Waals surface area contributed by atoms with Gasteiger partial charge in [0.15, 0.2) is 0 Å². The topological polar surface area (TPSA) is 0 Å². The van der Waals surface area contributed by atoms with Crippen LogP contribution in [0.5, 0.6) is 0 Å². The summed E-state index contributed by atoms with van der Waals surface area (Å²) in [6.45, 7) is 52.2. The molecular weight excluding hydrogens is 913 g/mol. The van der Waals surface area contributed by atoms with Crippen molar-refractivity contribution in [2.75, 3.05) is 0 Å². The highest BCUT2D eigenvalue weighted by Gasteiger charge is 2.40. The average Bonchev–Trinajstić information content (AvgIpc) is 4.13. The second-order valence-corrected chi connectivity index (χ2v) is 28.5. The van der Waals surface area contributed by atoms with Gasteiger partial charge in [0.2, 0.25) is 0 Å². The largest absolute Gasteiger partial charge is 0.0628 e. The van der Waals surface area contributed by atoms with E-state index in [2.05, 4.69) is 262 Å². The molecule has 3 saturated carbocycles. The maximum atomic E-state index is 2.39. The van der Waals surface area contributed by atoms with Gasteiger partial charge in [0.25, 0.3) is 0 Å². The van der Waals surface area contributed by atoms with Gasteiger partial charge in [0.05, 0.1) is 0 Å². The molecule has 0 nitrogen and oxygen atoms in total. The fourth-order valence-corrected chi connectivity index (χ4v) is 11.5. The van der Waals surface area contributed by atoms with Gasteiger partial charge in [-0.3, -0.25) is 0 Å². The molecule has 76 heavy (non-hydrogen) atoms. The lowest BCUT2D eigenvalue weighted by Gasteiger charge is -2.24. The molecule has 0 aromatic heterocycles. The monoisotopic (exact) mass is 1040 g/mol. The van der Waals surface area contributed by atoms with Gasteiger partial charge in [-0.25, -0.2) is 0 Å². The normalized spacial score (nSPS) is 16.7. The predicted molar refractivity (Wildman–Crippen MR) is 348 cm³/mol. The highest BCUT2D eigenvalue weighted by molar-refractivity contribution is 5.23. The van der Waals surface area contributed by atoms with Gasteiger partial charge >= 0.3 is 0 Å². The highest BCUT2D eigenvalue weighted by atomic mass is 14.5. The minimum absolute atomic E-state index is 0.522. The molecule has 0 heteroatoms. The van der Waals surface area contributed by atoms with Crippen molar-refractivity contribution in [1.82, 2.24) is 0 Å². The lowest BCUT2D eigenvalue weighted by Crippen LogP contribution is -2.15. The molecule has 0 aliphatic heterocycles. The number of fused-ring (bicyclic) bond motifs is 2. The standard InChI is InChI=1S/C12H18.2C11H16.C10H18.C9H12.C8H16.C8H18.C7H16/c1-10(2)7-8-12-6-4-5-11(3)9-12;1-9(2)7-11-6-4-5-10(3)8-11;1-10(2)8-9-11-6-4-3-5-7-11;1-7(2)10-6-8-3-4-9(10)5-8;1-8(2)9-6-4-3-5-7-9;1-7(2)8-5-3-4-6-8;1-7(2)6-8(3,4)5;1-6(2)5-7(3)4/h4-6,9-10H,7-8H2,1-3H3;4-6,8-9H,7H2,1-3H3;3-7,10H,8-9H2,1-2H3;7-10H,3-6H2,1-2H3;3-8H,1-2H3;7-8H,3-6H2,1-2H3;7H,6H2,1-5H3;6-7H,5H2,1-4H3/t;;;8-,9+,10-;;;;/m...0..../s1. The third-order valence-electron chi connectivity index (χ3n) is 15.1. The van der Waals surface area contributed by atoms with Crippen LogP contribution in [0.1, 0.15) is 262 Å². The molecule has 3 aliphatic carbocycles. The van der Waals surface area contributed by atoms with Crippen LogP contribution in [0.25, 0.3) is 0 Å². The van der Waals surface area contributed by atoms with E-state index in [1.54, 1.807) is 25.7 Å². The number of rotatable bonds is 14. The summed E-state index contributed by atoms with van der Waals surface area (Å²) in [5.74, 6) is 12.0. The van der Waals surface area contributed by atoms with E-state index in [0.717, 1.165) is 71.0 Å². The van der Waals surface area contributed by atoms with E-state index in [-0.39, 0.29) is 0 Å². The van der Waals surface area contributed by atoms with Crippen LogP contribution in [0.4, 0.5) is 0 Å². The second-order valence-electron chi connectivity index (χ2n) is 28.5. The van der Waals surface area contributed by atoms with Gasteiger partial charge < -0.3 is 0 Å². The van der Waals surface area contributed by atoms with E-state index < -0.39 is 0 Å². The Morgan fingerprint density at radius 3 is 1.20 bits per heavy atom. The number of hydrogen-bond acceptors (Lipinski definition) is 0. The van der Waals surface area contributed by atoms with Gasteiger partial charge in [0, 0.05) is 0 Å². The van der Waals surface area contributed by atoms with Crippen molar-refractivity contribution in [2.45, 2.75) is 261 Å². The summed E-state index contributed by atoms with van der Waals surface area (Å²) in [6, 6.07) is 38.7. The van der Waals surface area contributed by atoms with Crippen molar-refractivity contribution in [2.24, 2.45) is 76.4 Å². The van der Waals surface area contributed by atoms with Crippen molar-refractivity contribution in [1.29, 1.82) is 0 Å². The Balaban J connectivity index is 0.000000851. The summed E-state index contributed by atoms with van der Waals surface area (Å²) in [5.41, 5.74) is 9.07. The molecule has 434 valence electrons. The van der Waals surface area contributed by atoms with Gasteiger partial charge in [-0.1, -0.05) is 298 Å². The Bertz CT molecular complexity index is 1880. The first-order valence-corrected chi connectivity index (χ1v) is 31.8. The molecule has 0 saturated heterocycles. The van der Waals surface area contributed by atoms with Gasteiger partial charge in [0.1, 0.15) is 0 Å². The van der Waals surface area contributed by atoms with Crippen LogP contribution in [0.2, 0.25) is 0 Å². The molecule has 7 rings (SSSR count). The molecule has 4 aromatic carbocycles. The number of aryl methyl sites for hydroxylation is 4. The lowest BCUT2D eigenvalue weighted by atomic mass is 9.81. The summed E-state index contributed by atoms with van der Waals surface area (Å²) in [6.07, 6.45) is 21.1. The third kappa shape index (κ3) is 41.0. The predicted octanol–water partition coefficient (Wildman–Crippen LogP) is 24.5. The van der Waals surface area contributed by atoms with Crippen LogP contribution in [0.3, 0.4) is 0 Å². The van der Waals surface area contributed by atoms with Crippen molar-refractivity contribution >= 4 is 0 Å². The molecule has 0 N–H and O–H groups in total. The van der Waals surface area contributed by atoms with Crippen LogP contribution in [-0.4, -0.2) is 0 Å². The molecule has 3 atom stereocenters. The Kier molecular flexibility index (Phi) is 40.1.